The van der Waals surface area contributed by atoms with Gasteiger partial charge in [0.2, 0.25) is 10.0 Å². The van der Waals surface area contributed by atoms with Crippen LogP contribution in [0.4, 0.5) is 4.39 Å². The molecule has 5 nitrogen and oxygen atoms in total. The number of hydrogen-bond acceptors (Lipinski definition) is 4. The Labute approximate surface area is 199 Å². The summed E-state index contributed by atoms with van der Waals surface area (Å²) in [6.45, 7) is 4.54. The number of halogens is 1. The molecule has 180 valence electrons. The van der Waals surface area contributed by atoms with Gasteiger partial charge in [0, 0.05) is 43.1 Å². The van der Waals surface area contributed by atoms with Crippen LogP contribution in [0.25, 0.3) is 0 Å². The maximum atomic E-state index is 15.0. The van der Waals surface area contributed by atoms with Crippen molar-refractivity contribution in [1.82, 2.24) is 8.61 Å². The average Bonchev–Trinajstić information content (AvgIpc) is 2.81. The predicted molar refractivity (Wildman–Crippen MR) is 135 cm³/mol. The summed E-state index contributed by atoms with van der Waals surface area (Å²) in [7, 11) is -3.22. The largest absolute Gasteiger partial charge is 0.490 e. The molecular formula is C25H33FN2O3S2. The maximum absolute atomic E-state index is 15.0. The number of rotatable bonds is 6. The fourth-order valence-corrected chi connectivity index (χ4v) is 8.03. The molecule has 2 fully saturated rings. The highest BCUT2D eigenvalue weighted by Crippen LogP contribution is 2.45. The fourth-order valence-electron chi connectivity index (χ4n) is 4.69. The molecule has 0 spiro atoms. The van der Waals surface area contributed by atoms with Gasteiger partial charge in [-0.25, -0.2) is 17.1 Å². The zero-order chi connectivity index (χ0) is 23.4. The van der Waals surface area contributed by atoms with Crippen molar-refractivity contribution in [1.29, 1.82) is 0 Å². The van der Waals surface area contributed by atoms with Crippen molar-refractivity contribution in [2.24, 2.45) is 0 Å². The summed E-state index contributed by atoms with van der Waals surface area (Å²) in [5, 5.41) is 2.73. The highest BCUT2D eigenvalue weighted by molar-refractivity contribution is 8.13. The molecule has 0 radical (unpaired) electrons. The summed E-state index contributed by atoms with van der Waals surface area (Å²) in [5.41, 5.74) is 2.04. The predicted octanol–water partition coefficient (Wildman–Crippen LogP) is 4.97. The molecule has 2 aliphatic heterocycles. The van der Waals surface area contributed by atoms with Crippen LogP contribution in [0.1, 0.15) is 49.0 Å². The summed E-state index contributed by atoms with van der Waals surface area (Å²) in [5.74, 6) is 0.262. The minimum atomic E-state index is -3.17. The highest BCUT2D eigenvalue weighted by atomic mass is 32.2. The summed E-state index contributed by atoms with van der Waals surface area (Å²) < 4.78 is 48.2. The van der Waals surface area contributed by atoms with Crippen LogP contribution in [0.2, 0.25) is 0 Å². The van der Waals surface area contributed by atoms with Gasteiger partial charge < -0.3 is 4.74 Å². The third-order valence-electron chi connectivity index (χ3n) is 6.42. The zero-order valence-electron chi connectivity index (χ0n) is 19.3. The van der Waals surface area contributed by atoms with Gasteiger partial charge in [0.25, 0.3) is 0 Å². The Hall–Kier alpha value is -1.74. The summed E-state index contributed by atoms with van der Waals surface area (Å²) >= 11 is 0. The smallest absolute Gasteiger partial charge is 0.211 e. The first-order valence-electron chi connectivity index (χ1n) is 11.6. The molecule has 4 rings (SSSR count). The Bertz CT molecular complexity index is 1080. The molecule has 2 aliphatic rings. The van der Waals surface area contributed by atoms with Gasteiger partial charge >= 0.3 is 0 Å². The fraction of sp³-hybridized carbons (Fsp3) is 0.480. The highest BCUT2D eigenvalue weighted by Gasteiger charge is 2.27. The van der Waals surface area contributed by atoms with Crippen molar-refractivity contribution in [3.63, 3.8) is 0 Å². The van der Waals surface area contributed by atoms with E-state index < -0.39 is 10.0 Å². The average molecular weight is 493 g/mol. The van der Waals surface area contributed by atoms with Crippen molar-refractivity contribution in [3.05, 3.63) is 65.5 Å². The van der Waals surface area contributed by atoms with Crippen molar-refractivity contribution in [3.8, 4) is 5.75 Å². The van der Waals surface area contributed by atoms with E-state index in [0.717, 1.165) is 19.4 Å². The van der Waals surface area contributed by atoms with Gasteiger partial charge in [-0.15, -0.1) is 10.7 Å². The molecule has 2 heterocycles. The van der Waals surface area contributed by atoms with E-state index >= 15 is 4.39 Å². The molecule has 2 saturated heterocycles. The quantitative estimate of drug-likeness (QED) is 0.534. The standard InChI is InChI=1S/C25H33FN2O3S2/c1-3-32-25(20-8-5-4-6-9-20)10-7-15-27(32)19-21-11-12-23(18-24(21)26)31-22-13-16-28(17-14-22)33(2,29)30/h3-6,8-9,11-12,18,22,25H,7,10,13-17,19H2,1-2H3. The Balaban J connectivity index is 1.40. The number of hydrogen-bond donors (Lipinski definition) is 0. The number of sulfonamides is 1. The second-order valence-electron chi connectivity index (χ2n) is 8.72. The Kier molecular flexibility index (Phi) is 7.89. The lowest BCUT2D eigenvalue weighted by molar-refractivity contribution is 0.135. The van der Waals surface area contributed by atoms with E-state index in [0.29, 0.717) is 49.0 Å². The Morgan fingerprint density at radius 2 is 1.82 bits per heavy atom. The first-order valence-corrected chi connectivity index (χ1v) is 14.7. The van der Waals surface area contributed by atoms with E-state index in [1.807, 2.05) is 18.2 Å². The Morgan fingerprint density at radius 1 is 1.09 bits per heavy atom. The van der Waals surface area contributed by atoms with Gasteiger partial charge in [-0.05, 0) is 49.6 Å². The molecule has 2 aromatic carbocycles. The van der Waals surface area contributed by atoms with Gasteiger partial charge in [-0.2, -0.15) is 0 Å². The lowest BCUT2D eigenvalue weighted by Crippen LogP contribution is -2.41. The monoisotopic (exact) mass is 492 g/mol. The summed E-state index contributed by atoms with van der Waals surface area (Å²) in [6, 6.07) is 15.8. The molecule has 2 unspecified atom stereocenters. The second-order valence-corrected chi connectivity index (χ2v) is 13.0. The molecule has 0 amide bonds. The zero-order valence-corrected chi connectivity index (χ0v) is 21.0. The van der Waals surface area contributed by atoms with Crippen LogP contribution in [0.3, 0.4) is 0 Å². The van der Waals surface area contributed by atoms with Crippen LogP contribution in [-0.4, -0.2) is 54.4 Å². The van der Waals surface area contributed by atoms with Gasteiger partial charge in [0.1, 0.15) is 17.7 Å². The van der Waals surface area contributed by atoms with E-state index in [-0.39, 0.29) is 22.6 Å². The van der Waals surface area contributed by atoms with Crippen LogP contribution in [-0.2, 0) is 16.6 Å². The number of ether oxygens (including phenoxy) is 1. The number of nitrogens with zero attached hydrogens (tertiary/aromatic N) is 2. The first-order chi connectivity index (χ1) is 15.8. The molecule has 0 saturated carbocycles. The molecule has 2 atom stereocenters. The third kappa shape index (κ3) is 6.04. The Morgan fingerprint density at radius 3 is 2.45 bits per heavy atom. The van der Waals surface area contributed by atoms with Crippen LogP contribution >= 0.6 is 10.7 Å². The van der Waals surface area contributed by atoms with Crippen LogP contribution < -0.4 is 4.74 Å². The summed E-state index contributed by atoms with van der Waals surface area (Å²) in [6.07, 6.45) is 4.62. The molecular weight excluding hydrogens is 459 g/mol. The molecule has 2 aromatic rings. The van der Waals surface area contributed by atoms with E-state index in [4.69, 9.17) is 4.74 Å². The number of piperidine rings is 1. The normalized spacial score (nSPS) is 23.6. The van der Waals surface area contributed by atoms with Crippen molar-refractivity contribution < 1.29 is 17.5 Å². The molecule has 0 aliphatic carbocycles. The first kappa shape index (κ1) is 24.4. The lowest BCUT2D eigenvalue weighted by Gasteiger charge is -2.37. The molecule has 8 heteroatoms. The minimum Gasteiger partial charge on any atom is -0.490 e. The molecule has 0 aromatic heterocycles. The SMILES string of the molecule is C/C=S1\C(c2ccccc2)CCCN1Cc1ccc(OC2CCN(S(C)(=O)=O)CC2)cc1F. The van der Waals surface area contributed by atoms with Crippen LogP contribution in [0.5, 0.6) is 5.75 Å². The van der Waals surface area contributed by atoms with Crippen LogP contribution in [0, 0.1) is 5.82 Å². The topological polar surface area (TPSA) is 49.9 Å². The van der Waals surface area contributed by atoms with E-state index in [1.165, 1.54) is 22.2 Å². The van der Waals surface area contributed by atoms with Crippen molar-refractivity contribution >= 4 is 26.1 Å². The summed E-state index contributed by atoms with van der Waals surface area (Å²) in [4.78, 5) is 0. The van der Waals surface area contributed by atoms with E-state index in [2.05, 4.69) is 40.9 Å². The molecule has 0 bridgehead atoms. The van der Waals surface area contributed by atoms with Gasteiger partial charge in [-0.3, -0.25) is 4.31 Å². The van der Waals surface area contributed by atoms with Crippen molar-refractivity contribution in [2.45, 2.75) is 50.5 Å². The number of benzene rings is 2. The van der Waals surface area contributed by atoms with E-state index in [9.17, 15) is 8.42 Å². The maximum Gasteiger partial charge on any atom is 0.211 e. The van der Waals surface area contributed by atoms with Gasteiger partial charge in [-0.1, -0.05) is 36.4 Å². The van der Waals surface area contributed by atoms with E-state index in [1.54, 1.807) is 0 Å². The minimum absolute atomic E-state index is 0.0521. The molecule has 33 heavy (non-hydrogen) atoms. The van der Waals surface area contributed by atoms with Crippen molar-refractivity contribution in [2.75, 3.05) is 25.9 Å². The second kappa shape index (κ2) is 10.7. The molecule has 0 N–H and O–H groups in total. The third-order valence-corrected chi connectivity index (χ3v) is 10.2. The lowest BCUT2D eigenvalue weighted by atomic mass is 10.1. The van der Waals surface area contributed by atoms with Gasteiger partial charge in [0.05, 0.1) is 6.26 Å². The van der Waals surface area contributed by atoms with Gasteiger partial charge in [0.15, 0.2) is 0 Å². The van der Waals surface area contributed by atoms with Crippen LogP contribution in [0.15, 0.2) is 48.5 Å².